The summed E-state index contributed by atoms with van der Waals surface area (Å²) in [4.78, 5) is 12.7. The molecule has 32 heavy (non-hydrogen) atoms. The van der Waals surface area contributed by atoms with E-state index in [-0.39, 0.29) is 23.6 Å². The standard InChI is InChI=1S/C21H23F3N2O5S/c1-2-31-18-9-6-14(20(27)28)12-19(18)32(29,30)25-16-13-15(21(22,23)24)7-8-17(16)26-10-4-3-5-11-26/h6-9,12-13,25H,2-5,10-11H2,1H3,(H,27,28). The first-order chi connectivity index (χ1) is 15.0. The molecule has 0 amide bonds. The molecular weight excluding hydrogens is 449 g/mol. The summed E-state index contributed by atoms with van der Waals surface area (Å²) in [5, 5.41) is 9.24. The second-order valence-electron chi connectivity index (χ2n) is 7.28. The van der Waals surface area contributed by atoms with E-state index < -0.39 is 32.6 Å². The number of carboxylic acid groups (broad SMARTS) is 1. The number of nitrogens with one attached hydrogen (secondary N) is 1. The molecule has 0 aliphatic carbocycles. The maximum Gasteiger partial charge on any atom is 0.416 e. The van der Waals surface area contributed by atoms with Gasteiger partial charge >= 0.3 is 12.1 Å². The van der Waals surface area contributed by atoms with Gasteiger partial charge in [-0.2, -0.15) is 13.2 Å². The van der Waals surface area contributed by atoms with E-state index in [9.17, 15) is 31.5 Å². The van der Waals surface area contributed by atoms with Crippen LogP contribution in [-0.2, 0) is 16.2 Å². The lowest BCUT2D eigenvalue weighted by Crippen LogP contribution is -2.30. The SMILES string of the molecule is CCOc1ccc(C(=O)O)cc1S(=O)(=O)Nc1cc(C(F)(F)F)ccc1N1CCCCC1. The van der Waals surface area contributed by atoms with E-state index >= 15 is 0 Å². The van der Waals surface area contributed by atoms with Crippen molar-refractivity contribution in [3.63, 3.8) is 0 Å². The van der Waals surface area contributed by atoms with E-state index in [0.29, 0.717) is 18.8 Å². The van der Waals surface area contributed by atoms with E-state index in [2.05, 4.69) is 4.72 Å². The minimum Gasteiger partial charge on any atom is -0.492 e. The molecule has 2 aromatic carbocycles. The molecule has 174 valence electrons. The zero-order chi connectivity index (χ0) is 23.5. The fourth-order valence-corrected chi connectivity index (χ4v) is 4.77. The molecule has 1 saturated heterocycles. The molecule has 0 radical (unpaired) electrons. The summed E-state index contributed by atoms with van der Waals surface area (Å²) in [7, 11) is -4.48. The number of carboxylic acids is 1. The minimum atomic E-state index is -4.67. The topological polar surface area (TPSA) is 95.9 Å². The average molecular weight is 472 g/mol. The van der Waals surface area contributed by atoms with E-state index in [1.54, 1.807) is 6.92 Å². The zero-order valence-electron chi connectivity index (χ0n) is 17.3. The fraction of sp³-hybridized carbons (Fsp3) is 0.381. The van der Waals surface area contributed by atoms with Crippen molar-refractivity contribution in [3.8, 4) is 5.75 Å². The maximum absolute atomic E-state index is 13.3. The van der Waals surface area contributed by atoms with Gasteiger partial charge < -0.3 is 14.7 Å². The third-order valence-electron chi connectivity index (χ3n) is 5.04. The van der Waals surface area contributed by atoms with Crippen molar-refractivity contribution in [3.05, 3.63) is 47.5 Å². The number of halogens is 3. The number of nitrogens with zero attached hydrogens (tertiary/aromatic N) is 1. The summed E-state index contributed by atoms with van der Waals surface area (Å²) >= 11 is 0. The van der Waals surface area contributed by atoms with E-state index in [0.717, 1.165) is 37.5 Å². The Labute approximate surface area is 183 Å². The first-order valence-corrected chi connectivity index (χ1v) is 11.5. The van der Waals surface area contributed by atoms with Crippen LogP contribution in [0.2, 0.25) is 0 Å². The van der Waals surface area contributed by atoms with Crippen molar-refractivity contribution in [1.82, 2.24) is 0 Å². The number of alkyl halides is 3. The normalized spacial score (nSPS) is 14.8. The molecule has 0 atom stereocenters. The van der Waals surface area contributed by atoms with Crippen molar-refractivity contribution >= 4 is 27.4 Å². The molecule has 3 rings (SSSR count). The number of hydrogen-bond donors (Lipinski definition) is 2. The number of rotatable bonds is 7. The van der Waals surface area contributed by atoms with Gasteiger partial charge in [-0.15, -0.1) is 0 Å². The van der Waals surface area contributed by atoms with Crippen molar-refractivity contribution in [2.24, 2.45) is 0 Å². The monoisotopic (exact) mass is 472 g/mol. The van der Waals surface area contributed by atoms with Gasteiger partial charge in [-0.1, -0.05) is 0 Å². The van der Waals surface area contributed by atoms with Gasteiger partial charge in [0.15, 0.2) is 0 Å². The largest absolute Gasteiger partial charge is 0.492 e. The summed E-state index contributed by atoms with van der Waals surface area (Å²) in [6.45, 7) is 2.89. The van der Waals surface area contributed by atoms with Crippen molar-refractivity contribution in [2.45, 2.75) is 37.3 Å². The molecule has 0 aromatic heterocycles. The van der Waals surface area contributed by atoms with Gasteiger partial charge in [-0.25, -0.2) is 13.2 Å². The molecule has 0 unspecified atom stereocenters. The molecule has 7 nitrogen and oxygen atoms in total. The Morgan fingerprint density at radius 3 is 2.41 bits per heavy atom. The van der Waals surface area contributed by atoms with Crippen molar-refractivity contribution < 1.29 is 36.2 Å². The Bertz CT molecular complexity index is 1100. The first-order valence-electron chi connectivity index (χ1n) is 10.0. The van der Waals surface area contributed by atoms with Gasteiger partial charge in [-0.05, 0) is 62.6 Å². The van der Waals surface area contributed by atoms with Gasteiger partial charge in [0.1, 0.15) is 10.6 Å². The molecule has 2 aromatic rings. The predicted molar refractivity (Wildman–Crippen MR) is 113 cm³/mol. The van der Waals surface area contributed by atoms with Crippen LogP contribution < -0.4 is 14.4 Å². The first kappa shape index (κ1) is 23.7. The average Bonchev–Trinajstić information content (AvgIpc) is 2.73. The molecule has 1 heterocycles. The lowest BCUT2D eigenvalue weighted by molar-refractivity contribution is -0.137. The van der Waals surface area contributed by atoms with Gasteiger partial charge in [0, 0.05) is 13.1 Å². The molecular formula is C21H23F3N2O5S. The van der Waals surface area contributed by atoms with Gasteiger partial charge in [0.05, 0.1) is 29.1 Å². The van der Waals surface area contributed by atoms with E-state index in [1.807, 2.05) is 4.90 Å². The van der Waals surface area contributed by atoms with Crippen molar-refractivity contribution in [1.29, 1.82) is 0 Å². The Kier molecular flexibility index (Phi) is 6.87. The Balaban J connectivity index is 2.09. The number of sulfonamides is 1. The van der Waals surface area contributed by atoms with Gasteiger partial charge in [0.2, 0.25) is 0 Å². The maximum atomic E-state index is 13.3. The van der Waals surface area contributed by atoms with Crippen molar-refractivity contribution in [2.75, 3.05) is 29.3 Å². The predicted octanol–water partition coefficient (Wildman–Crippen LogP) is 4.59. The Hall–Kier alpha value is -2.95. The molecule has 0 spiro atoms. The van der Waals surface area contributed by atoms with Crippen LogP contribution in [0.3, 0.4) is 0 Å². The number of carbonyl (C=O) groups is 1. The molecule has 1 aliphatic heterocycles. The fourth-order valence-electron chi connectivity index (χ4n) is 3.53. The highest BCUT2D eigenvalue weighted by Crippen LogP contribution is 2.38. The molecule has 0 saturated carbocycles. The molecule has 11 heteroatoms. The van der Waals surface area contributed by atoms with E-state index in [4.69, 9.17) is 4.74 Å². The Morgan fingerprint density at radius 2 is 1.81 bits per heavy atom. The molecule has 1 aliphatic rings. The highest BCUT2D eigenvalue weighted by atomic mass is 32.2. The summed E-state index contributed by atoms with van der Waals surface area (Å²) < 4.78 is 73.9. The summed E-state index contributed by atoms with van der Waals surface area (Å²) in [6.07, 6.45) is -2.01. The quantitative estimate of drug-likeness (QED) is 0.612. The lowest BCUT2D eigenvalue weighted by Gasteiger charge is -2.31. The summed E-state index contributed by atoms with van der Waals surface area (Å²) in [5.41, 5.74) is -1.20. The second kappa shape index (κ2) is 9.27. The minimum absolute atomic E-state index is 0.100. The number of anilines is 2. The molecule has 1 fully saturated rings. The Morgan fingerprint density at radius 1 is 1.12 bits per heavy atom. The number of piperidine rings is 1. The van der Waals surface area contributed by atoms with Crippen LogP contribution in [0.25, 0.3) is 0 Å². The van der Waals surface area contributed by atoms with E-state index in [1.165, 1.54) is 18.2 Å². The number of benzene rings is 2. The molecule has 0 bridgehead atoms. The summed E-state index contributed by atoms with van der Waals surface area (Å²) in [5.74, 6) is -1.45. The second-order valence-corrected chi connectivity index (χ2v) is 8.93. The van der Waals surface area contributed by atoms with Crippen LogP contribution in [0.1, 0.15) is 42.1 Å². The molecule has 2 N–H and O–H groups in total. The summed E-state index contributed by atoms with van der Waals surface area (Å²) in [6, 6.07) is 6.24. The highest BCUT2D eigenvalue weighted by Gasteiger charge is 2.33. The third kappa shape index (κ3) is 5.26. The van der Waals surface area contributed by atoms with Crippen LogP contribution in [-0.4, -0.2) is 39.2 Å². The lowest BCUT2D eigenvalue weighted by atomic mass is 10.1. The van der Waals surface area contributed by atoms with Crippen LogP contribution in [0.15, 0.2) is 41.3 Å². The zero-order valence-corrected chi connectivity index (χ0v) is 18.1. The van der Waals surface area contributed by atoms with Crippen LogP contribution in [0.4, 0.5) is 24.5 Å². The highest BCUT2D eigenvalue weighted by molar-refractivity contribution is 7.92. The third-order valence-corrected chi connectivity index (χ3v) is 6.43. The van der Waals surface area contributed by atoms with Crippen LogP contribution in [0.5, 0.6) is 5.75 Å². The van der Waals surface area contributed by atoms with Gasteiger partial charge in [0.25, 0.3) is 10.0 Å². The number of hydrogen-bond acceptors (Lipinski definition) is 5. The number of aromatic carboxylic acids is 1. The smallest absolute Gasteiger partial charge is 0.416 e. The van der Waals surface area contributed by atoms with Crippen LogP contribution in [0, 0.1) is 0 Å². The van der Waals surface area contributed by atoms with Crippen LogP contribution >= 0.6 is 0 Å². The van der Waals surface area contributed by atoms with Gasteiger partial charge in [-0.3, -0.25) is 4.72 Å². The number of ether oxygens (including phenoxy) is 1.